The topological polar surface area (TPSA) is 38.3 Å². The first-order valence-corrected chi connectivity index (χ1v) is 8.60. The second-order valence-corrected chi connectivity index (χ2v) is 6.40. The molecule has 0 spiro atoms. The van der Waals surface area contributed by atoms with Crippen LogP contribution in [0, 0.1) is 0 Å². The molecular formula is C22H23NO2. The van der Waals surface area contributed by atoms with Crippen molar-refractivity contribution in [2.45, 2.75) is 26.3 Å². The van der Waals surface area contributed by atoms with Crippen LogP contribution in [0.3, 0.4) is 0 Å². The third kappa shape index (κ3) is 4.18. The van der Waals surface area contributed by atoms with E-state index in [9.17, 15) is 4.79 Å². The zero-order chi connectivity index (χ0) is 17.6. The molecule has 0 aliphatic heterocycles. The van der Waals surface area contributed by atoms with Crippen LogP contribution in [0.2, 0.25) is 0 Å². The summed E-state index contributed by atoms with van der Waals surface area (Å²) in [5, 5.41) is 5.29. The van der Waals surface area contributed by atoms with Gasteiger partial charge in [-0.15, -0.1) is 0 Å². The highest BCUT2D eigenvalue weighted by Crippen LogP contribution is 2.25. The number of benzene rings is 3. The van der Waals surface area contributed by atoms with E-state index in [1.165, 1.54) is 5.39 Å². The summed E-state index contributed by atoms with van der Waals surface area (Å²) in [7, 11) is 0. The number of nitrogens with one attached hydrogen (secondary N) is 1. The molecule has 3 aromatic carbocycles. The molecule has 3 heteroatoms. The summed E-state index contributed by atoms with van der Waals surface area (Å²) in [5.74, 6) is 1.01. The molecular weight excluding hydrogens is 310 g/mol. The number of para-hydroxylation sites is 1. The van der Waals surface area contributed by atoms with Gasteiger partial charge in [0.25, 0.3) is 5.91 Å². The van der Waals surface area contributed by atoms with Crippen molar-refractivity contribution in [3.63, 3.8) is 0 Å². The smallest absolute Gasteiger partial charge is 0.258 e. The first-order valence-electron chi connectivity index (χ1n) is 8.60. The number of hydrogen-bond acceptors (Lipinski definition) is 2. The fourth-order valence-electron chi connectivity index (χ4n) is 2.92. The fourth-order valence-corrected chi connectivity index (χ4v) is 2.92. The minimum atomic E-state index is -0.119. The molecule has 25 heavy (non-hydrogen) atoms. The molecule has 0 radical (unpaired) electrons. The molecule has 0 aromatic heterocycles. The average Bonchev–Trinajstić information content (AvgIpc) is 2.64. The van der Waals surface area contributed by atoms with Gasteiger partial charge in [-0.1, -0.05) is 74.5 Å². The molecule has 0 saturated carbocycles. The van der Waals surface area contributed by atoms with E-state index in [4.69, 9.17) is 4.74 Å². The predicted molar refractivity (Wildman–Crippen MR) is 102 cm³/mol. The first-order chi connectivity index (χ1) is 12.1. The Kier molecular flexibility index (Phi) is 5.34. The monoisotopic (exact) mass is 333 g/mol. The van der Waals surface area contributed by atoms with E-state index in [0.717, 1.165) is 22.3 Å². The Morgan fingerprint density at radius 2 is 1.68 bits per heavy atom. The molecule has 1 N–H and O–H groups in total. The van der Waals surface area contributed by atoms with Crippen LogP contribution in [-0.4, -0.2) is 12.5 Å². The van der Waals surface area contributed by atoms with E-state index in [1.807, 2.05) is 48.5 Å². The van der Waals surface area contributed by atoms with Gasteiger partial charge in [0.05, 0.1) is 0 Å². The SMILES string of the molecule is CC(C)c1ccccc1OCC(=O)NCc1cccc2ccccc12. The standard InChI is InChI=1S/C22H23NO2/c1-16(2)19-11-5-6-13-21(19)25-15-22(24)23-14-18-10-7-9-17-8-3-4-12-20(17)18/h3-13,16H,14-15H2,1-2H3,(H,23,24). The lowest BCUT2D eigenvalue weighted by Crippen LogP contribution is -2.28. The van der Waals surface area contributed by atoms with Crippen LogP contribution in [0.15, 0.2) is 66.7 Å². The van der Waals surface area contributed by atoms with Gasteiger partial charge in [-0.05, 0) is 33.9 Å². The molecule has 3 rings (SSSR count). The van der Waals surface area contributed by atoms with Crippen LogP contribution >= 0.6 is 0 Å². The van der Waals surface area contributed by atoms with Crippen molar-refractivity contribution >= 4 is 16.7 Å². The maximum Gasteiger partial charge on any atom is 0.258 e. The summed E-state index contributed by atoms with van der Waals surface area (Å²) in [5.41, 5.74) is 2.22. The summed E-state index contributed by atoms with van der Waals surface area (Å²) in [6.07, 6.45) is 0. The quantitative estimate of drug-likeness (QED) is 0.712. The minimum absolute atomic E-state index is 0.0223. The summed E-state index contributed by atoms with van der Waals surface area (Å²) >= 11 is 0. The second kappa shape index (κ2) is 7.84. The lowest BCUT2D eigenvalue weighted by atomic mass is 10.0. The number of amides is 1. The predicted octanol–water partition coefficient (Wildman–Crippen LogP) is 4.66. The normalized spacial score (nSPS) is 10.8. The number of carbonyl (C=O) groups is 1. The van der Waals surface area contributed by atoms with Gasteiger partial charge >= 0.3 is 0 Å². The number of ether oxygens (including phenoxy) is 1. The molecule has 0 fully saturated rings. The van der Waals surface area contributed by atoms with Crippen molar-refractivity contribution < 1.29 is 9.53 Å². The van der Waals surface area contributed by atoms with Gasteiger partial charge in [0.15, 0.2) is 6.61 Å². The Balaban J connectivity index is 1.60. The van der Waals surface area contributed by atoms with Gasteiger partial charge in [-0.2, -0.15) is 0 Å². The molecule has 0 atom stereocenters. The summed E-state index contributed by atoms with van der Waals surface area (Å²) in [4.78, 5) is 12.2. The maximum absolute atomic E-state index is 12.2. The molecule has 0 aliphatic rings. The third-order valence-corrected chi connectivity index (χ3v) is 4.26. The molecule has 3 aromatic rings. The van der Waals surface area contributed by atoms with Crippen LogP contribution in [-0.2, 0) is 11.3 Å². The minimum Gasteiger partial charge on any atom is -0.483 e. The number of fused-ring (bicyclic) bond motifs is 1. The van der Waals surface area contributed by atoms with Gasteiger partial charge in [0, 0.05) is 6.54 Å². The summed E-state index contributed by atoms with van der Waals surface area (Å²) in [6.45, 7) is 4.75. The zero-order valence-electron chi connectivity index (χ0n) is 14.7. The van der Waals surface area contributed by atoms with Gasteiger partial charge in [0.2, 0.25) is 0 Å². The van der Waals surface area contributed by atoms with Crippen LogP contribution in [0.25, 0.3) is 10.8 Å². The van der Waals surface area contributed by atoms with Crippen molar-refractivity contribution in [2.75, 3.05) is 6.61 Å². The molecule has 0 saturated heterocycles. The van der Waals surface area contributed by atoms with Gasteiger partial charge in [0.1, 0.15) is 5.75 Å². The molecule has 0 aliphatic carbocycles. The summed E-state index contributed by atoms with van der Waals surface area (Å²) in [6, 6.07) is 22.2. The van der Waals surface area contributed by atoms with Crippen LogP contribution in [0.5, 0.6) is 5.75 Å². The lowest BCUT2D eigenvalue weighted by Gasteiger charge is -2.14. The van der Waals surface area contributed by atoms with Crippen molar-refractivity contribution in [1.29, 1.82) is 0 Å². The van der Waals surface area contributed by atoms with Crippen molar-refractivity contribution in [1.82, 2.24) is 5.32 Å². The number of hydrogen-bond donors (Lipinski definition) is 1. The summed E-state index contributed by atoms with van der Waals surface area (Å²) < 4.78 is 5.72. The highest BCUT2D eigenvalue weighted by molar-refractivity contribution is 5.86. The molecule has 0 heterocycles. The zero-order valence-corrected chi connectivity index (χ0v) is 14.7. The Hall–Kier alpha value is -2.81. The van der Waals surface area contributed by atoms with E-state index < -0.39 is 0 Å². The Labute approximate surface area is 148 Å². The van der Waals surface area contributed by atoms with Gasteiger partial charge in [-0.25, -0.2) is 0 Å². The fraction of sp³-hybridized carbons (Fsp3) is 0.227. The van der Waals surface area contributed by atoms with E-state index in [-0.39, 0.29) is 12.5 Å². The molecule has 0 unspecified atom stereocenters. The number of rotatable bonds is 6. The van der Waals surface area contributed by atoms with Crippen LogP contribution < -0.4 is 10.1 Å². The first kappa shape index (κ1) is 17.0. The highest BCUT2D eigenvalue weighted by Gasteiger charge is 2.09. The highest BCUT2D eigenvalue weighted by atomic mass is 16.5. The largest absolute Gasteiger partial charge is 0.483 e. The maximum atomic E-state index is 12.2. The van der Waals surface area contributed by atoms with Crippen molar-refractivity contribution in [3.8, 4) is 5.75 Å². The van der Waals surface area contributed by atoms with Crippen molar-refractivity contribution in [2.24, 2.45) is 0 Å². The van der Waals surface area contributed by atoms with E-state index in [0.29, 0.717) is 12.5 Å². The molecule has 128 valence electrons. The van der Waals surface area contributed by atoms with Gasteiger partial charge < -0.3 is 10.1 Å². The van der Waals surface area contributed by atoms with Crippen LogP contribution in [0.1, 0.15) is 30.9 Å². The third-order valence-electron chi connectivity index (χ3n) is 4.26. The molecule has 3 nitrogen and oxygen atoms in total. The van der Waals surface area contributed by atoms with Gasteiger partial charge in [-0.3, -0.25) is 4.79 Å². The van der Waals surface area contributed by atoms with E-state index in [2.05, 4.69) is 37.4 Å². The number of carbonyl (C=O) groups excluding carboxylic acids is 1. The Morgan fingerprint density at radius 1 is 0.960 bits per heavy atom. The molecule has 0 bridgehead atoms. The van der Waals surface area contributed by atoms with E-state index in [1.54, 1.807) is 0 Å². The second-order valence-electron chi connectivity index (χ2n) is 6.40. The Morgan fingerprint density at radius 3 is 2.52 bits per heavy atom. The Bertz CT molecular complexity index is 865. The van der Waals surface area contributed by atoms with E-state index >= 15 is 0 Å². The average molecular weight is 333 g/mol. The van der Waals surface area contributed by atoms with Crippen molar-refractivity contribution in [3.05, 3.63) is 77.9 Å². The lowest BCUT2D eigenvalue weighted by molar-refractivity contribution is -0.123. The molecule has 1 amide bonds. The van der Waals surface area contributed by atoms with Crippen LogP contribution in [0.4, 0.5) is 0 Å².